The third-order valence-electron chi connectivity index (χ3n) is 2.41. The van der Waals surface area contributed by atoms with Gasteiger partial charge in [0.2, 0.25) is 5.16 Å². The fourth-order valence-corrected chi connectivity index (χ4v) is 2.23. The summed E-state index contributed by atoms with van der Waals surface area (Å²) in [5.41, 5.74) is 0. The van der Waals surface area contributed by atoms with Crippen LogP contribution >= 0.6 is 23.4 Å². The van der Waals surface area contributed by atoms with E-state index in [4.69, 9.17) is 16.3 Å². The molecule has 2 rings (SSSR count). The van der Waals surface area contributed by atoms with Crippen LogP contribution in [0.15, 0.2) is 29.4 Å². The summed E-state index contributed by atoms with van der Waals surface area (Å²) in [6.45, 7) is 4.75. The van der Waals surface area contributed by atoms with Crippen LogP contribution in [0.3, 0.4) is 0 Å². The highest BCUT2D eigenvalue weighted by atomic mass is 35.5. The number of benzene rings is 1. The molecule has 102 valence electrons. The van der Waals surface area contributed by atoms with Crippen LogP contribution in [0.1, 0.15) is 25.6 Å². The van der Waals surface area contributed by atoms with Crippen LogP contribution in [-0.4, -0.2) is 27.5 Å². The van der Waals surface area contributed by atoms with Crippen molar-refractivity contribution in [3.8, 4) is 5.75 Å². The van der Waals surface area contributed by atoms with Gasteiger partial charge < -0.3 is 4.74 Å². The smallest absolute Gasteiger partial charge is 0.208 e. The van der Waals surface area contributed by atoms with Crippen molar-refractivity contribution in [3.63, 3.8) is 0 Å². The average Bonchev–Trinajstić information content (AvgIpc) is 2.84. The van der Waals surface area contributed by atoms with E-state index in [2.05, 4.69) is 29.0 Å². The monoisotopic (exact) mass is 297 g/mol. The zero-order valence-electron chi connectivity index (χ0n) is 10.9. The summed E-state index contributed by atoms with van der Waals surface area (Å²) in [6, 6.07) is 7.38. The van der Waals surface area contributed by atoms with E-state index in [0.717, 1.165) is 22.5 Å². The molecule has 0 spiro atoms. The molecule has 0 unspecified atom stereocenters. The fraction of sp³-hybridized carbons (Fsp3) is 0.385. The second kappa shape index (κ2) is 6.82. The number of hydrogen-bond acceptors (Lipinski definition) is 4. The van der Waals surface area contributed by atoms with E-state index in [0.29, 0.717) is 17.5 Å². The number of hydrogen-bond donors (Lipinski definition) is 1. The number of nitrogens with one attached hydrogen (secondary N) is 1. The van der Waals surface area contributed by atoms with Crippen LogP contribution < -0.4 is 4.74 Å². The van der Waals surface area contributed by atoms with E-state index < -0.39 is 0 Å². The molecule has 0 aliphatic carbocycles. The lowest BCUT2D eigenvalue weighted by atomic mass is 10.2. The zero-order chi connectivity index (χ0) is 13.7. The molecule has 19 heavy (non-hydrogen) atoms. The molecule has 0 amide bonds. The van der Waals surface area contributed by atoms with E-state index in [1.807, 2.05) is 18.2 Å². The molecule has 1 aromatic carbocycles. The highest BCUT2D eigenvalue weighted by Crippen LogP contribution is 2.19. The highest BCUT2D eigenvalue weighted by molar-refractivity contribution is 7.99. The van der Waals surface area contributed by atoms with Crippen LogP contribution in [0, 0.1) is 0 Å². The Balaban J connectivity index is 1.74. The number of aromatic amines is 1. The van der Waals surface area contributed by atoms with Gasteiger partial charge in [-0.1, -0.05) is 43.3 Å². The van der Waals surface area contributed by atoms with Crippen molar-refractivity contribution in [2.75, 3.05) is 12.4 Å². The quantitative estimate of drug-likeness (QED) is 0.651. The Kier molecular flexibility index (Phi) is 5.10. The predicted octanol–water partition coefficient (Wildman–Crippen LogP) is 3.75. The van der Waals surface area contributed by atoms with E-state index in [1.54, 1.807) is 17.8 Å². The number of nitrogens with zero attached hydrogens (tertiary/aromatic N) is 2. The Labute approximate surface area is 121 Å². The summed E-state index contributed by atoms with van der Waals surface area (Å²) in [5.74, 6) is 2.86. The van der Waals surface area contributed by atoms with Crippen molar-refractivity contribution in [2.24, 2.45) is 0 Å². The molecule has 0 aliphatic heterocycles. The second-order valence-electron chi connectivity index (χ2n) is 4.31. The molecule has 0 saturated carbocycles. The maximum Gasteiger partial charge on any atom is 0.208 e. The maximum atomic E-state index is 5.88. The molecule has 1 heterocycles. The van der Waals surface area contributed by atoms with Gasteiger partial charge in [-0.15, -0.1) is 5.10 Å². The Hall–Kier alpha value is -1.20. The van der Waals surface area contributed by atoms with E-state index >= 15 is 0 Å². The minimum atomic E-state index is 0.365. The van der Waals surface area contributed by atoms with Crippen molar-refractivity contribution in [1.29, 1.82) is 0 Å². The lowest BCUT2D eigenvalue weighted by Gasteiger charge is -2.04. The summed E-state index contributed by atoms with van der Waals surface area (Å²) < 4.78 is 5.59. The van der Waals surface area contributed by atoms with Crippen LogP contribution in [0.4, 0.5) is 0 Å². The Morgan fingerprint density at radius 1 is 1.42 bits per heavy atom. The normalized spacial score (nSPS) is 10.9. The molecule has 4 nitrogen and oxygen atoms in total. The minimum Gasteiger partial charge on any atom is -0.493 e. The van der Waals surface area contributed by atoms with Gasteiger partial charge in [0.1, 0.15) is 11.6 Å². The Morgan fingerprint density at radius 3 is 2.95 bits per heavy atom. The molecule has 0 aliphatic rings. The number of rotatable bonds is 6. The van der Waals surface area contributed by atoms with Crippen molar-refractivity contribution in [1.82, 2.24) is 15.2 Å². The maximum absolute atomic E-state index is 5.88. The molecule has 2 aromatic rings. The third-order valence-corrected chi connectivity index (χ3v) is 3.46. The molecule has 1 aromatic heterocycles. The number of halogens is 1. The first-order valence-corrected chi connectivity index (χ1v) is 7.45. The molecular weight excluding hydrogens is 282 g/mol. The summed E-state index contributed by atoms with van der Waals surface area (Å²) >= 11 is 7.45. The summed E-state index contributed by atoms with van der Waals surface area (Å²) in [6.07, 6.45) is 0. The second-order valence-corrected chi connectivity index (χ2v) is 5.81. The van der Waals surface area contributed by atoms with Crippen LogP contribution in [0.25, 0.3) is 0 Å². The minimum absolute atomic E-state index is 0.365. The predicted molar refractivity (Wildman–Crippen MR) is 78.1 cm³/mol. The summed E-state index contributed by atoms with van der Waals surface area (Å²) in [7, 11) is 0. The SMILES string of the molecule is CC(C)c1nc(SCCOc2cccc(Cl)c2)n[nH]1. The Morgan fingerprint density at radius 2 is 2.26 bits per heavy atom. The van der Waals surface area contributed by atoms with Crippen LogP contribution in [-0.2, 0) is 0 Å². The molecule has 0 bridgehead atoms. The molecule has 0 fully saturated rings. The lowest BCUT2D eigenvalue weighted by Crippen LogP contribution is -2.00. The molecule has 1 N–H and O–H groups in total. The molecule has 0 atom stereocenters. The molecule has 0 radical (unpaired) electrons. The van der Waals surface area contributed by atoms with Gasteiger partial charge in [0, 0.05) is 16.7 Å². The standard InChI is InChI=1S/C13H16ClN3OS/c1-9(2)12-15-13(17-16-12)19-7-6-18-11-5-3-4-10(14)8-11/h3-5,8-9H,6-7H2,1-2H3,(H,15,16,17). The first kappa shape index (κ1) is 14.2. The fourth-order valence-electron chi connectivity index (χ4n) is 1.43. The van der Waals surface area contributed by atoms with Gasteiger partial charge in [0.25, 0.3) is 0 Å². The zero-order valence-corrected chi connectivity index (χ0v) is 12.5. The molecule has 6 heteroatoms. The first-order chi connectivity index (χ1) is 9.15. The topological polar surface area (TPSA) is 50.8 Å². The summed E-state index contributed by atoms with van der Waals surface area (Å²) in [4.78, 5) is 4.39. The summed E-state index contributed by atoms with van der Waals surface area (Å²) in [5, 5.41) is 8.52. The van der Waals surface area contributed by atoms with E-state index in [9.17, 15) is 0 Å². The number of ether oxygens (including phenoxy) is 1. The Bertz CT molecular complexity index is 530. The number of aromatic nitrogens is 3. The van der Waals surface area contributed by atoms with Gasteiger partial charge in [-0.3, -0.25) is 5.10 Å². The lowest BCUT2D eigenvalue weighted by molar-refractivity contribution is 0.344. The number of thioether (sulfide) groups is 1. The van der Waals surface area contributed by atoms with E-state index in [1.165, 1.54) is 0 Å². The van der Waals surface area contributed by atoms with Gasteiger partial charge in [0.15, 0.2) is 0 Å². The largest absolute Gasteiger partial charge is 0.493 e. The van der Waals surface area contributed by atoms with Gasteiger partial charge in [-0.2, -0.15) is 0 Å². The van der Waals surface area contributed by atoms with Crippen molar-refractivity contribution >= 4 is 23.4 Å². The van der Waals surface area contributed by atoms with Crippen LogP contribution in [0.5, 0.6) is 5.75 Å². The molecule has 0 saturated heterocycles. The van der Waals surface area contributed by atoms with Crippen molar-refractivity contribution in [2.45, 2.75) is 24.9 Å². The van der Waals surface area contributed by atoms with Crippen molar-refractivity contribution < 1.29 is 4.74 Å². The molecular formula is C13H16ClN3OS. The first-order valence-electron chi connectivity index (χ1n) is 6.08. The van der Waals surface area contributed by atoms with Gasteiger partial charge in [0.05, 0.1) is 6.61 Å². The highest BCUT2D eigenvalue weighted by Gasteiger charge is 2.06. The third kappa shape index (κ3) is 4.44. The van der Waals surface area contributed by atoms with E-state index in [-0.39, 0.29) is 0 Å². The van der Waals surface area contributed by atoms with Gasteiger partial charge in [-0.05, 0) is 18.2 Å². The number of H-pyrrole nitrogens is 1. The average molecular weight is 298 g/mol. The van der Waals surface area contributed by atoms with Gasteiger partial charge >= 0.3 is 0 Å². The van der Waals surface area contributed by atoms with Gasteiger partial charge in [-0.25, -0.2) is 4.98 Å². The van der Waals surface area contributed by atoms with Crippen molar-refractivity contribution in [3.05, 3.63) is 35.1 Å². The van der Waals surface area contributed by atoms with Crippen LogP contribution in [0.2, 0.25) is 5.02 Å².